The Balaban J connectivity index is 3.45. The zero-order chi connectivity index (χ0) is 15.6. The van der Waals surface area contributed by atoms with Gasteiger partial charge < -0.3 is 4.74 Å². The summed E-state index contributed by atoms with van der Waals surface area (Å²) in [5, 5.41) is 0. The minimum Gasteiger partial charge on any atom is -0.469 e. The zero-order valence-electron chi connectivity index (χ0n) is 13.0. The van der Waals surface area contributed by atoms with Crippen molar-refractivity contribution in [2.24, 2.45) is 0 Å². The molecule has 2 heteroatoms. The summed E-state index contributed by atoms with van der Waals surface area (Å²) >= 11 is 0. The second-order valence-corrected chi connectivity index (χ2v) is 4.52. The second-order valence-electron chi connectivity index (χ2n) is 4.52. The Kier molecular flexibility index (Phi) is 14.3. The SMILES string of the molecule is C=CCCC#CC#CC#CCCCCCCCC(=O)OC. The molecule has 0 aliphatic carbocycles. The van der Waals surface area contributed by atoms with Gasteiger partial charge in [-0.25, -0.2) is 0 Å². The fraction of sp³-hybridized carbons (Fsp3) is 0.526. The van der Waals surface area contributed by atoms with E-state index in [2.05, 4.69) is 46.8 Å². The Bertz CT molecular complexity index is 469. The number of hydrogen-bond donors (Lipinski definition) is 0. The van der Waals surface area contributed by atoms with E-state index in [1.54, 1.807) is 0 Å². The maximum Gasteiger partial charge on any atom is 0.305 e. The quantitative estimate of drug-likeness (QED) is 0.278. The number of esters is 1. The number of unbranched alkanes of at least 4 members (excludes halogenated alkanes) is 6. The van der Waals surface area contributed by atoms with Gasteiger partial charge in [-0.15, -0.1) is 6.58 Å². The van der Waals surface area contributed by atoms with E-state index >= 15 is 0 Å². The molecule has 0 aromatic heterocycles. The lowest BCUT2D eigenvalue weighted by Crippen LogP contribution is -1.99. The van der Waals surface area contributed by atoms with Crippen molar-refractivity contribution in [3.05, 3.63) is 12.7 Å². The Morgan fingerprint density at radius 1 is 0.952 bits per heavy atom. The molecule has 0 bridgehead atoms. The molecule has 0 amide bonds. The summed E-state index contributed by atoms with van der Waals surface area (Å²) in [7, 11) is 1.43. The minimum absolute atomic E-state index is 0.118. The van der Waals surface area contributed by atoms with Gasteiger partial charge in [-0.3, -0.25) is 4.79 Å². The van der Waals surface area contributed by atoms with E-state index in [1.165, 1.54) is 7.11 Å². The van der Waals surface area contributed by atoms with Crippen molar-refractivity contribution in [1.29, 1.82) is 0 Å². The second kappa shape index (κ2) is 15.9. The highest BCUT2D eigenvalue weighted by molar-refractivity contribution is 5.68. The van der Waals surface area contributed by atoms with Crippen molar-refractivity contribution < 1.29 is 9.53 Å². The molecule has 0 aromatic carbocycles. The van der Waals surface area contributed by atoms with Gasteiger partial charge in [-0.1, -0.05) is 37.2 Å². The van der Waals surface area contributed by atoms with Gasteiger partial charge in [0.05, 0.1) is 7.11 Å². The van der Waals surface area contributed by atoms with Crippen LogP contribution in [0.5, 0.6) is 0 Å². The van der Waals surface area contributed by atoms with Crippen LogP contribution in [0.15, 0.2) is 12.7 Å². The number of rotatable bonds is 9. The highest BCUT2D eigenvalue weighted by Crippen LogP contribution is 2.07. The molecule has 0 aliphatic rings. The molecule has 0 aliphatic heterocycles. The molecule has 0 heterocycles. The Hall–Kier alpha value is -2.11. The first-order valence-corrected chi connectivity index (χ1v) is 7.44. The maximum absolute atomic E-state index is 10.9. The van der Waals surface area contributed by atoms with Crippen molar-refractivity contribution in [1.82, 2.24) is 0 Å². The molecule has 0 N–H and O–H groups in total. The fourth-order valence-electron chi connectivity index (χ4n) is 1.57. The normalized spacial score (nSPS) is 8.24. The summed E-state index contributed by atoms with van der Waals surface area (Å²) in [5.74, 6) is 16.9. The molecule has 0 saturated carbocycles. The lowest BCUT2D eigenvalue weighted by atomic mass is 10.1. The summed E-state index contributed by atoms with van der Waals surface area (Å²) in [5.41, 5.74) is 0. The number of hydrogen-bond acceptors (Lipinski definition) is 2. The molecule has 21 heavy (non-hydrogen) atoms. The molecule has 0 aromatic rings. The molecule has 0 saturated heterocycles. The molecule has 2 nitrogen and oxygen atoms in total. The molecule has 112 valence electrons. The van der Waals surface area contributed by atoms with Crippen LogP contribution in [-0.2, 0) is 9.53 Å². The first kappa shape index (κ1) is 18.9. The summed E-state index contributed by atoms with van der Waals surface area (Å²) in [4.78, 5) is 10.9. The van der Waals surface area contributed by atoms with Gasteiger partial charge in [-0.05, 0) is 42.9 Å². The van der Waals surface area contributed by atoms with Crippen molar-refractivity contribution in [3.63, 3.8) is 0 Å². The van der Waals surface area contributed by atoms with Crippen molar-refractivity contribution in [3.8, 4) is 35.5 Å². The first-order valence-electron chi connectivity index (χ1n) is 7.44. The molecule has 0 rings (SSSR count). The Labute approximate surface area is 129 Å². The lowest BCUT2D eigenvalue weighted by Gasteiger charge is -1.99. The summed E-state index contributed by atoms with van der Waals surface area (Å²) in [6.07, 6.45) is 10.3. The number of ether oxygens (including phenoxy) is 1. The summed E-state index contributed by atoms with van der Waals surface area (Å²) in [6.45, 7) is 3.62. The molecule has 0 unspecified atom stereocenters. The number of carbonyl (C=O) groups is 1. The van der Waals surface area contributed by atoms with Crippen LogP contribution in [0.25, 0.3) is 0 Å². The lowest BCUT2D eigenvalue weighted by molar-refractivity contribution is -0.140. The highest BCUT2D eigenvalue weighted by atomic mass is 16.5. The van der Waals surface area contributed by atoms with Gasteiger partial charge in [0.2, 0.25) is 0 Å². The van der Waals surface area contributed by atoms with Crippen LogP contribution >= 0.6 is 0 Å². The molecular formula is C19H24O2. The van der Waals surface area contributed by atoms with Crippen LogP contribution in [0.4, 0.5) is 0 Å². The van der Waals surface area contributed by atoms with Gasteiger partial charge in [0, 0.05) is 19.3 Å². The average Bonchev–Trinajstić information content (AvgIpc) is 2.50. The fourth-order valence-corrected chi connectivity index (χ4v) is 1.57. The van der Waals surface area contributed by atoms with E-state index in [4.69, 9.17) is 0 Å². The van der Waals surface area contributed by atoms with E-state index < -0.39 is 0 Å². The number of carbonyl (C=O) groups excluding carboxylic acids is 1. The predicted molar refractivity (Wildman–Crippen MR) is 87.1 cm³/mol. The highest BCUT2D eigenvalue weighted by Gasteiger charge is 1.98. The van der Waals surface area contributed by atoms with E-state index in [0.717, 1.165) is 51.4 Å². The van der Waals surface area contributed by atoms with Crippen LogP contribution in [0.1, 0.15) is 57.8 Å². The summed E-state index contributed by atoms with van der Waals surface area (Å²) < 4.78 is 4.59. The van der Waals surface area contributed by atoms with Gasteiger partial charge in [0.1, 0.15) is 0 Å². The Morgan fingerprint density at radius 3 is 2.24 bits per heavy atom. The largest absolute Gasteiger partial charge is 0.469 e. The molecule has 0 atom stereocenters. The number of allylic oxidation sites excluding steroid dienone is 1. The molecule has 0 radical (unpaired) electrons. The third-order valence-electron chi connectivity index (χ3n) is 2.75. The minimum atomic E-state index is -0.118. The Morgan fingerprint density at radius 2 is 1.57 bits per heavy atom. The number of methoxy groups -OCH3 is 1. The van der Waals surface area contributed by atoms with E-state index in [-0.39, 0.29) is 5.97 Å². The standard InChI is InChI=1S/C19H24O2/c1-3-4-5-6-7-8-9-10-11-12-13-14-15-16-17-18-19(20)21-2/h3H,1,4-5,12-18H2,2H3. The topological polar surface area (TPSA) is 26.3 Å². The molecule has 0 spiro atoms. The zero-order valence-corrected chi connectivity index (χ0v) is 13.0. The predicted octanol–water partition coefficient (Wildman–Crippen LogP) is 3.87. The summed E-state index contributed by atoms with van der Waals surface area (Å²) in [6, 6.07) is 0. The van der Waals surface area contributed by atoms with Gasteiger partial charge >= 0.3 is 5.97 Å². The van der Waals surface area contributed by atoms with Crippen molar-refractivity contribution in [2.75, 3.05) is 7.11 Å². The van der Waals surface area contributed by atoms with Gasteiger partial charge in [0.15, 0.2) is 0 Å². The van der Waals surface area contributed by atoms with E-state index in [0.29, 0.717) is 6.42 Å². The first-order chi connectivity index (χ1) is 10.3. The van der Waals surface area contributed by atoms with Crippen LogP contribution in [-0.4, -0.2) is 13.1 Å². The third kappa shape index (κ3) is 15.8. The van der Waals surface area contributed by atoms with Gasteiger partial charge in [0.25, 0.3) is 0 Å². The monoisotopic (exact) mass is 284 g/mol. The van der Waals surface area contributed by atoms with Crippen molar-refractivity contribution in [2.45, 2.75) is 57.8 Å². The maximum atomic E-state index is 10.9. The van der Waals surface area contributed by atoms with Crippen LogP contribution < -0.4 is 0 Å². The van der Waals surface area contributed by atoms with E-state index in [9.17, 15) is 4.79 Å². The smallest absolute Gasteiger partial charge is 0.305 e. The van der Waals surface area contributed by atoms with Crippen LogP contribution in [0, 0.1) is 35.5 Å². The van der Waals surface area contributed by atoms with Crippen LogP contribution in [0.3, 0.4) is 0 Å². The average molecular weight is 284 g/mol. The molecule has 0 fully saturated rings. The van der Waals surface area contributed by atoms with Crippen molar-refractivity contribution >= 4 is 5.97 Å². The van der Waals surface area contributed by atoms with Gasteiger partial charge in [-0.2, -0.15) is 0 Å². The molecular weight excluding hydrogens is 260 g/mol. The van der Waals surface area contributed by atoms with Crippen LogP contribution in [0.2, 0.25) is 0 Å². The third-order valence-corrected chi connectivity index (χ3v) is 2.75. The van der Waals surface area contributed by atoms with E-state index in [1.807, 2.05) is 6.08 Å².